The van der Waals surface area contributed by atoms with E-state index in [0.717, 1.165) is 25.4 Å². The van der Waals surface area contributed by atoms with E-state index in [1.54, 1.807) is 0 Å². The lowest BCUT2D eigenvalue weighted by molar-refractivity contribution is 0.0522. The smallest absolute Gasteiger partial charge is 0.256 e. The molecule has 2 fully saturated rings. The van der Waals surface area contributed by atoms with E-state index in [1.807, 2.05) is 29.2 Å². The lowest BCUT2D eigenvalue weighted by atomic mass is 9.75. The molecule has 20 heavy (non-hydrogen) atoms. The van der Waals surface area contributed by atoms with Gasteiger partial charge in [0.05, 0.1) is 11.3 Å². The number of hydrogen-bond acceptors (Lipinski definition) is 3. The quantitative estimate of drug-likeness (QED) is 0.643. The third-order valence-electron chi connectivity index (χ3n) is 4.89. The molecule has 3 N–H and O–H groups in total. The molecule has 3 rings (SSSR count). The summed E-state index contributed by atoms with van der Waals surface area (Å²) in [5.41, 5.74) is 4.02. The summed E-state index contributed by atoms with van der Waals surface area (Å²) in [6, 6.07) is 7.48. The third-order valence-corrected chi connectivity index (χ3v) is 4.89. The van der Waals surface area contributed by atoms with Gasteiger partial charge in [-0.15, -0.1) is 0 Å². The molecule has 4 nitrogen and oxygen atoms in total. The number of anilines is 1. The Morgan fingerprint density at radius 2 is 1.90 bits per heavy atom. The van der Waals surface area contributed by atoms with Crippen molar-refractivity contribution in [1.29, 1.82) is 0 Å². The number of carbonyl (C=O) groups is 1. The minimum atomic E-state index is 0.113. The maximum Gasteiger partial charge on any atom is 0.256 e. The van der Waals surface area contributed by atoms with Crippen LogP contribution in [0, 0.1) is 11.8 Å². The number of nitrogens with zero attached hydrogens (tertiary/aromatic N) is 1. The van der Waals surface area contributed by atoms with E-state index in [-0.39, 0.29) is 5.91 Å². The van der Waals surface area contributed by atoms with Crippen LogP contribution in [0.15, 0.2) is 24.3 Å². The van der Waals surface area contributed by atoms with Gasteiger partial charge in [-0.3, -0.25) is 10.6 Å². The molecule has 0 bridgehead atoms. The van der Waals surface area contributed by atoms with Crippen LogP contribution in [0.4, 0.5) is 5.69 Å². The van der Waals surface area contributed by atoms with Crippen LogP contribution < -0.4 is 11.3 Å². The minimum Gasteiger partial charge on any atom is -0.338 e. The highest BCUT2D eigenvalue weighted by Crippen LogP contribution is 2.36. The van der Waals surface area contributed by atoms with E-state index in [2.05, 4.69) is 5.43 Å². The van der Waals surface area contributed by atoms with Crippen LogP contribution in [-0.2, 0) is 0 Å². The molecule has 1 amide bonds. The molecule has 108 valence electrons. The summed E-state index contributed by atoms with van der Waals surface area (Å²) in [7, 11) is 0. The van der Waals surface area contributed by atoms with Crippen LogP contribution in [0.1, 0.15) is 42.5 Å². The fraction of sp³-hybridized carbons (Fsp3) is 0.562. The van der Waals surface area contributed by atoms with Gasteiger partial charge >= 0.3 is 0 Å². The first-order valence-electron chi connectivity index (χ1n) is 7.64. The zero-order chi connectivity index (χ0) is 13.9. The summed E-state index contributed by atoms with van der Waals surface area (Å²) in [5, 5.41) is 0. The first-order chi connectivity index (χ1) is 9.79. The summed E-state index contributed by atoms with van der Waals surface area (Å²) < 4.78 is 0. The van der Waals surface area contributed by atoms with Gasteiger partial charge in [-0.1, -0.05) is 31.4 Å². The Balaban J connectivity index is 1.74. The predicted octanol–water partition coefficient (Wildman–Crippen LogP) is 2.62. The number of hydrazine groups is 1. The Labute approximate surface area is 120 Å². The van der Waals surface area contributed by atoms with Crippen molar-refractivity contribution >= 4 is 11.6 Å². The van der Waals surface area contributed by atoms with E-state index in [9.17, 15) is 4.79 Å². The molecule has 1 aliphatic heterocycles. The molecule has 2 unspecified atom stereocenters. The number of rotatable bonds is 2. The van der Waals surface area contributed by atoms with Gasteiger partial charge in [-0.05, 0) is 36.8 Å². The molecule has 2 aliphatic rings. The van der Waals surface area contributed by atoms with Gasteiger partial charge < -0.3 is 10.3 Å². The van der Waals surface area contributed by atoms with Crippen molar-refractivity contribution in [3.05, 3.63) is 29.8 Å². The van der Waals surface area contributed by atoms with E-state index >= 15 is 0 Å². The Morgan fingerprint density at radius 3 is 2.70 bits per heavy atom. The Bertz CT molecular complexity index is 488. The van der Waals surface area contributed by atoms with Crippen molar-refractivity contribution in [2.45, 2.75) is 32.1 Å². The molecule has 1 heterocycles. The average molecular weight is 273 g/mol. The van der Waals surface area contributed by atoms with Gasteiger partial charge in [0.2, 0.25) is 0 Å². The molecular weight excluding hydrogens is 250 g/mol. The van der Waals surface area contributed by atoms with Gasteiger partial charge in [-0.2, -0.15) is 0 Å². The lowest BCUT2D eigenvalue weighted by Gasteiger charge is -2.41. The van der Waals surface area contributed by atoms with Crippen LogP contribution >= 0.6 is 0 Å². The lowest BCUT2D eigenvalue weighted by Crippen LogP contribution is -2.45. The van der Waals surface area contributed by atoms with Gasteiger partial charge in [0, 0.05) is 13.1 Å². The molecule has 1 aromatic carbocycles. The fourth-order valence-corrected chi connectivity index (χ4v) is 3.75. The summed E-state index contributed by atoms with van der Waals surface area (Å²) >= 11 is 0. The van der Waals surface area contributed by atoms with Crippen LogP contribution in [0.2, 0.25) is 0 Å². The van der Waals surface area contributed by atoms with Crippen molar-refractivity contribution in [3.8, 4) is 0 Å². The number of piperidine rings is 1. The molecule has 0 aromatic heterocycles. The molecule has 1 saturated heterocycles. The molecule has 4 heteroatoms. The maximum absolute atomic E-state index is 12.7. The second kappa shape index (κ2) is 5.83. The minimum absolute atomic E-state index is 0.113. The predicted molar refractivity (Wildman–Crippen MR) is 80.2 cm³/mol. The number of nitrogen functional groups attached to an aromatic ring is 1. The second-order valence-corrected chi connectivity index (χ2v) is 6.03. The number of nitrogens with two attached hydrogens (primary N) is 1. The van der Waals surface area contributed by atoms with Gasteiger partial charge in [0.15, 0.2) is 0 Å². The van der Waals surface area contributed by atoms with Crippen LogP contribution in [0.25, 0.3) is 0 Å². The third kappa shape index (κ3) is 2.52. The van der Waals surface area contributed by atoms with Crippen molar-refractivity contribution < 1.29 is 4.79 Å². The molecular formula is C16H23N3O. The molecule has 1 aromatic rings. The topological polar surface area (TPSA) is 58.4 Å². The SMILES string of the molecule is NNc1ccccc1C(=O)N1CCC2CCCCC2C1. The molecule has 0 spiro atoms. The molecule has 1 saturated carbocycles. The highest BCUT2D eigenvalue weighted by Gasteiger charge is 2.33. The van der Waals surface area contributed by atoms with E-state index in [0.29, 0.717) is 17.2 Å². The first-order valence-corrected chi connectivity index (χ1v) is 7.64. The summed E-state index contributed by atoms with van der Waals surface area (Å²) in [4.78, 5) is 14.7. The van der Waals surface area contributed by atoms with Crippen LogP contribution in [0.5, 0.6) is 0 Å². The number of benzene rings is 1. The van der Waals surface area contributed by atoms with Gasteiger partial charge in [0.25, 0.3) is 5.91 Å². The number of nitrogens with one attached hydrogen (secondary N) is 1. The normalized spacial score (nSPS) is 25.9. The number of fused-ring (bicyclic) bond motifs is 1. The zero-order valence-corrected chi connectivity index (χ0v) is 11.8. The Kier molecular flexibility index (Phi) is 3.92. The van der Waals surface area contributed by atoms with Crippen LogP contribution in [-0.4, -0.2) is 23.9 Å². The largest absolute Gasteiger partial charge is 0.338 e. The molecule has 0 radical (unpaired) electrons. The van der Waals surface area contributed by atoms with E-state index in [4.69, 9.17) is 5.84 Å². The van der Waals surface area contributed by atoms with Crippen molar-refractivity contribution in [2.24, 2.45) is 17.7 Å². The standard InChI is InChI=1S/C16H23N3O/c17-18-15-8-4-3-7-14(15)16(20)19-10-9-12-5-1-2-6-13(12)11-19/h3-4,7-8,12-13,18H,1-2,5-6,9-11,17H2. The maximum atomic E-state index is 12.7. The molecule has 1 aliphatic carbocycles. The Morgan fingerprint density at radius 1 is 1.15 bits per heavy atom. The molecule has 2 atom stereocenters. The number of hydrogen-bond donors (Lipinski definition) is 2. The summed E-state index contributed by atoms with van der Waals surface area (Å²) in [6.45, 7) is 1.81. The van der Waals surface area contributed by atoms with Crippen LogP contribution in [0.3, 0.4) is 0 Å². The van der Waals surface area contributed by atoms with E-state index in [1.165, 1.54) is 25.7 Å². The number of amides is 1. The summed E-state index contributed by atoms with van der Waals surface area (Å²) in [6.07, 6.45) is 6.49. The second-order valence-electron chi connectivity index (χ2n) is 6.03. The van der Waals surface area contributed by atoms with Gasteiger partial charge in [0.1, 0.15) is 0 Å². The number of para-hydroxylation sites is 1. The highest BCUT2D eigenvalue weighted by atomic mass is 16.2. The van der Waals surface area contributed by atoms with Gasteiger partial charge in [-0.25, -0.2) is 0 Å². The first kappa shape index (κ1) is 13.4. The number of carbonyl (C=O) groups excluding carboxylic acids is 1. The average Bonchev–Trinajstić information content (AvgIpc) is 2.53. The van der Waals surface area contributed by atoms with E-state index < -0.39 is 0 Å². The number of likely N-dealkylation sites (tertiary alicyclic amines) is 1. The zero-order valence-electron chi connectivity index (χ0n) is 11.8. The monoisotopic (exact) mass is 273 g/mol. The van der Waals surface area contributed by atoms with Crippen molar-refractivity contribution in [2.75, 3.05) is 18.5 Å². The highest BCUT2D eigenvalue weighted by molar-refractivity contribution is 5.99. The van der Waals surface area contributed by atoms with Crippen molar-refractivity contribution in [1.82, 2.24) is 4.90 Å². The summed E-state index contributed by atoms with van der Waals surface area (Å²) in [5.74, 6) is 7.17. The fourth-order valence-electron chi connectivity index (χ4n) is 3.75. The van der Waals surface area contributed by atoms with Crippen molar-refractivity contribution in [3.63, 3.8) is 0 Å². The Hall–Kier alpha value is -1.55.